The van der Waals surface area contributed by atoms with Gasteiger partial charge in [-0.3, -0.25) is 4.79 Å². The number of rotatable bonds is 7. The molecular weight excluding hydrogens is 387 g/mol. The van der Waals surface area contributed by atoms with Crippen molar-refractivity contribution in [2.45, 2.75) is 6.61 Å². The first-order valence-electron chi connectivity index (χ1n) is 8.09. The number of hydrogen-bond acceptors (Lipinski definition) is 4. The highest BCUT2D eigenvalue weighted by Crippen LogP contribution is 2.32. The number of halogens is 2. The molecule has 2 aromatic carbocycles. The Morgan fingerprint density at radius 3 is 2.63 bits per heavy atom. The number of methoxy groups -OCH3 is 1. The zero-order chi connectivity index (χ0) is 19.2. The Labute approximate surface area is 166 Å². The van der Waals surface area contributed by atoms with Crippen LogP contribution in [-0.4, -0.2) is 12.9 Å². The minimum atomic E-state index is -0.174. The van der Waals surface area contributed by atoms with Gasteiger partial charge < -0.3 is 13.9 Å². The van der Waals surface area contributed by atoms with Crippen LogP contribution in [0.1, 0.15) is 21.9 Å². The van der Waals surface area contributed by atoms with Gasteiger partial charge in [-0.2, -0.15) is 0 Å². The van der Waals surface area contributed by atoms with Gasteiger partial charge in [-0.1, -0.05) is 41.4 Å². The molecule has 0 fully saturated rings. The molecule has 0 amide bonds. The van der Waals surface area contributed by atoms with Crippen molar-refractivity contribution in [2.24, 2.45) is 0 Å². The molecule has 1 aromatic heterocycles. The summed E-state index contributed by atoms with van der Waals surface area (Å²) in [7, 11) is 1.53. The highest BCUT2D eigenvalue weighted by molar-refractivity contribution is 6.42. The quantitative estimate of drug-likeness (QED) is 0.355. The number of hydrogen-bond donors (Lipinski definition) is 0. The zero-order valence-corrected chi connectivity index (χ0v) is 16.0. The van der Waals surface area contributed by atoms with Crippen molar-refractivity contribution in [1.82, 2.24) is 0 Å². The zero-order valence-electron chi connectivity index (χ0n) is 14.4. The van der Waals surface area contributed by atoms with Gasteiger partial charge in [0.05, 0.1) is 17.7 Å². The first-order valence-corrected chi connectivity index (χ1v) is 8.85. The summed E-state index contributed by atoms with van der Waals surface area (Å²) in [5.41, 5.74) is 0.488. The van der Waals surface area contributed by atoms with E-state index >= 15 is 0 Å². The topological polar surface area (TPSA) is 48.7 Å². The summed E-state index contributed by atoms with van der Waals surface area (Å²) in [6, 6.07) is 15.7. The van der Waals surface area contributed by atoms with Crippen molar-refractivity contribution >= 4 is 35.1 Å². The van der Waals surface area contributed by atoms with Crippen LogP contribution in [-0.2, 0) is 6.61 Å². The lowest BCUT2D eigenvalue weighted by Gasteiger charge is -2.07. The number of carbonyl (C=O) groups is 1. The monoisotopic (exact) mass is 402 g/mol. The third kappa shape index (κ3) is 4.73. The predicted octanol–water partition coefficient (Wildman–Crippen LogP) is 6.07. The standard InChI is InChI=1S/C21H16Cl2O4/c1-25-19-7-3-2-5-16(19)18(24)12-11-14-9-10-15(27-14)13-26-20-8-4-6-17(22)21(20)23/h2-12H,13H2,1H3/b12-11+. The second kappa shape index (κ2) is 8.80. The lowest BCUT2D eigenvalue weighted by Crippen LogP contribution is -1.98. The van der Waals surface area contributed by atoms with Crippen LogP contribution in [0.4, 0.5) is 0 Å². The van der Waals surface area contributed by atoms with Crippen LogP contribution in [0.3, 0.4) is 0 Å². The summed E-state index contributed by atoms with van der Waals surface area (Å²) in [5, 5.41) is 0.778. The molecule has 3 rings (SSSR count). The van der Waals surface area contributed by atoms with E-state index in [0.717, 1.165) is 0 Å². The summed E-state index contributed by atoms with van der Waals surface area (Å²) in [6.45, 7) is 0.189. The molecule has 27 heavy (non-hydrogen) atoms. The highest BCUT2D eigenvalue weighted by atomic mass is 35.5. The lowest BCUT2D eigenvalue weighted by molar-refractivity contribution is 0.104. The average molecular weight is 403 g/mol. The molecule has 1 heterocycles. The van der Waals surface area contributed by atoms with Gasteiger partial charge in [-0.05, 0) is 48.6 Å². The summed E-state index contributed by atoms with van der Waals surface area (Å²) in [5.74, 6) is 1.96. The van der Waals surface area contributed by atoms with Crippen LogP contribution in [0, 0.1) is 0 Å². The molecule has 0 saturated carbocycles. The van der Waals surface area contributed by atoms with E-state index in [1.807, 2.05) is 6.07 Å². The van der Waals surface area contributed by atoms with E-state index in [-0.39, 0.29) is 12.4 Å². The van der Waals surface area contributed by atoms with Gasteiger partial charge in [-0.15, -0.1) is 0 Å². The number of ether oxygens (including phenoxy) is 2. The van der Waals surface area contributed by atoms with E-state index in [1.165, 1.54) is 13.2 Å². The maximum Gasteiger partial charge on any atom is 0.189 e. The molecule has 0 aliphatic carbocycles. The van der Waals surface area contributed by atoms with Gasteiger partial charge in [0.25, 0.3) is 0 Å². The Morgan fingerprint density at radius 1 is 1.04 bits per heavy atom. The first kappa shape index (κ1) is 19.1. The smallest absolute Gasteiger partial charge is 0.189 e. The van der Waals surface area contributed by atoms with Gasteiger partial charge in [0.15, 0.2) is 5.78 Å². The first-order chi connectivity index (χ1) is 13.1. The third-order valence-electron chi connectivity index (χ3n) is 3.74. The lowest BCUT2D eigenvalue weighted by atomic mass is 10.1. The summed E-state index contributed by atoms with van der Waals surface area (Å²) in [4.78, 5) is 12.3. The van der Waals surface area contributed by atoms with Crippen LogP contribution in [0.5, 0.6) is 11.5 Å². The predicted molar refractivity (Wildman–Crippen MR) is 106 cm³/mol. The van der Waals surface area contributed by atoms with Crippen LogP contribution in [0.15, 0.2) is 65.1 Å². The van der Waals surface area contributed by atoms with Gasteiger partial charge in [0, 0.05) is 0 Å². The fourth-order valence-electron chi connectivity index (χ4n) is 2.40. The Kier molecular flexibility index (Phi) is 6.22. The van der Waals surface area contributed by atoms with E-state index < -0.39 is 0 Å². The van der Waals surface area contributed by atoms with Gasteiger partial charge in [-0.25, -0.2) is 0 Å². The molecule has 0 spiro atoms. The SMILES string of the molecule is COc1ccccc1C(=O)/C=C/c1ccc(COc2cccc(Cl)c2Cl)o1. The van der Waals surface area contributed by atoms with Crippen molar-refractivity contribution < 1.29 is 18.7 Å². The molecule has 0 N–H and O–H groups in total. The van der Waals surface area contributed by atoms with Gasteiger partial charge in [0.1, 0.15) is 34.6 Å². The molecule has 6 heteroatoms. The maximum absolute atomic E-state index is 12.3. The van der Waals surface area contributed by atoms with E-state index in [1.54, 1.807) is 54.6 Å². The number of furan rings is 1. The molecule has 0 unspecified atom stereocenters. The summed E-state index contributed by atoms with van der Waals surface area (Å²) >= 11 is 12.0. The minimum absolute atomic E-state index is 0.174. The number of allylic oxidation sites excluding steroid dienone is 1. The fourth-order valence-corrected chi connectivity index (χ4v) is 2.75. The van der Waals surface area contributed by atoms with Crippen molar-refractivity contribution in [3.63, 3.8) is 0 Å². The summed E-state index contributed by atoms with van der Waals surface area (Å²) < 4.78 is 16.5. The molecule has 138 valence electrons. The Morgan fingerprint density at radius 2 is 1.81 bits per heavy atom. The van der Waals surface area contributed by atoms with Crippen LogP contribution < -0.4 is 9.47 Å². The van der Waals surface area contributed by atoms with Crippen molar-refractivity contribution in [3.8, 4) is 11.5 Å². The number of carbonyl (C=O) groups excluding carboxylic acids is 1. The molecule has 0 aliphatic heterocycles. The van der Waals surface area contributed by atoms with Gasteiger partial charge >= 0.3 is 0 Å². The Bertz CT molecular complexity index is 976. The molecule has 3 aromatic rings. The molecule has 0 atom stereocenters. The van der Waals surface area contributed by atoms with Crippen LogP contribution in [0.2, 0.25) is 10.0 Å². The normalized spacial score (nSPS) is 10.9. The molecular formula is C21H16Cl2O4. The second-order valence-corrected chi connectivity index (χ2v) is 6.33. The van der Waals surface area contributed by atoms with Crippen LogP contribution in [0.25, 0.3) is 6.08 Å². The highest BCUT2D eigenvalue weighted by Gasteiger charge is 2.09. The third-order valence-corrected chi connectivity index (χ3v) is 4.54. The molecule has 0 aliphatic rings. The van der Waals surface area contributed by atoms with Gasteiger partial charge in [0.2, 0.25) is 0 Å². The molecule has 0 radical (unpaired) electrons. The molecule has 0 saturated heterocycles. The number of benzene rings is 2. The number of ketones is 1. The van der Waals surface area contributed by atoms with E-state index in [2.05, 4.69) is 0 Å². The molecule has 4 nitrogen and oxygen atoms in total. The maximum atomic E-state index is 12.3. The fraction of sp³-hybridized carbons (Fsp3) is 0.0952. The Hall–Kier alpha value is -2.69. The minimum Gasteiger partial charge on any atom is -0.496 e. The molecule has 0 bridgehead atoms. The van der Waals surface area contributed by atoms with Crippen molar-refractivity contribution in [1.29, 1.82) is 0 Å². The van der Waals surface area contributed by atoms with E-state index in [9.17, 15) is 4.79 Å². The van der Waals surface area contributed by atoms with Crippen LogP contribution >= 0.6 is 23.2 Å². The van der Waals surface area contributed by atoms with Crippen molar-refractivity contribution in [2.75, 3.05) is 7.11 Å². The largest absolute Gasteiger partial charge is 0.496 e. The summed E-state index contributed by atoms with van der Waals surface area (Å²) in [6.07, 6.45) is 3.04. The van der Waals surface area contributed by atoms with Crippen molar-refractivity contribution in [3.05, 3.63) is 87.8 Å². The second-order valence-electron chi connectivity index (χ2n) is 5.54. The number of para-hydroxylation sites is 1. The van der Waals surface area contributed by atoms with E-state index in [4.69, 9.17) is 37.1 Å². The average Bonchev–Trinajstić information content (AvgIpc) is 3.15. The Balaban J connectivity index is 1.64. The van der Waals surface area contributed by atoms with E-state index in [0.29, 0.717) is 38.6 Å².